The van der Waals surface area contributed by atoms with E-state index in [2.05, 4.69) is 18.4 Å². The van der Waals surface area contributed by atoms with Crippen LogP contribution in [-0.2, 0) is 11.2 Å². The molecular formula is C13H22N2O2. The normalized spacial score (nSPS) is 12.5. The number of benzene rings is 1. The summed E-state index contributed by atoms with van der Waals surface area (Å²) in [7, 11) is 1.68. The molecule has 1 aromatic rings. The lowest BCUT2D eigenvalue weighted by molar-refractivity contribution is 0.122. The van der Waals surface area contributed by atoms with Gasteiger partial charge in [0.25, 0.3) is 0 Å². The first-order valence-electron chi connectivity index (χ1n) is 5.88. The summed E-state index contributed by atoms with van der Waals surface area (Å²) in [5.74, 6) is 6.42. The lowest BCUT2D eigenvalue weighted by Crippen LogP contribution is -2.40. The fourth-order valence-electron chi connectivity index (χ4n) is 1.76. The summed E-state index contributed by atoms with van der Waals surface area (Å²) < 4.78 is 10.7. The third-order valence-electron chi connectivity index (χ3n) is 2.66. The number of methoxy groups -OCH3 is 1. The van der Waals surface area contributed by atoms with Gasteiger partial charge >= 0.3 is 0 Å². The second-order valence-electron chi connectivity index (χ2n) is 4.04. The van der Waals surface area contributed by atoms with Gasteiger partial charge in [-0.15, -0.1) is 0 Å². The van der Waals surface area contributed by atoms with E-state index >= 15 is 0 Å². The van der Waals surface area contributed by atoms with Gasteiger partial charge in [0.15, 0.2) is 0 Å². The van der Waals surface area contributed by atoms with Crippen molar-refractivity contribution in [2.75, 3.05) is 20.3 Å². The van der Waals surface area contributed by atoms with Crippen molar-refractivity contribution in [3.63, 3.8) is 0 Å². The average Bonchev–Trinajstić information content (AvgIpc) is 2.34. The number of hydrazine groups is 1. The maximum Gasteiger partial charge on any atom is 0.122 e. The second-order valence-corrected chi connectivity index (χ2v) is 4.04. The van der Waals surface area contributed by atoms with E-state index < -0.39 is 0 Å². The Labute approximate surface area is 103 Å². The van der Waals surface area contributed by atoms with Gasteiger partial charge in [0.2, 0.25) is 0 Å². The van der Waals surface area contributed by atoms with Gasteiger partial charge < -0.3 is 9.47 Å². The monoisotopic (exact) mass is 238 g/mol. The largest absolute Gasteiger partial charge is 0.496 e. The molecule has 0 aliphatic heterocycles. The van der Waals surface area contributed by atoms with Crippen LogP contribution < -0.4 is 16.0 Å². The standard InChI is InChI=1S/C13H22N2O2/c1-4-17-9-12(15-14)8-11-7-10(2)5-6-13(11)16-3/h5-7,12,15H,4,8-9,14H2,1-3H3. The molecule has 0 spiro atoms. The fourth-order valence-corrected chi connectivity index (χ4v) is 1.76. The zero-order chi connectivity index (χ0) is 12.7. The minimum atomic E-state index is 0.102. The SMILES string of the molecule is CCOCC(Cc1cc(C)ccc1OC)NN. The van der Waals surface area contributed by atoms with Gasteiger partial charge in [0, 0.05) is 12.6 Å². The molecule has 0 amide bonds. The zero-order valence-electron chi connectivity index (χ0n) is 10.8. The number of aryl methyl sites for hydroxylation is 1. The molecule has 0 aliphatic carbocycles. The maximum atomic E-state index is 5.52. The number of rotatable bonds is 7. The Balaban J connectivity index is 2.73. The van der Waals surface area contributed by atoms with Gasteiger partial charge in [0.1, 0.15) is 5.75 Å². The molecular weight excluding hydrogens is 216 g/mol. The topological polar surface area (TPSA) is 56.5 Å². The third-order valence-corrected chi connectivity index (χ3v) is 2.66. The van der Waals surface area contributed by atoms with Crippen LogP contribution in [-0.4, -0.2) is 26.4 Å². The van der Waals surface area contributed by atoms with Crippen LogP contribution in [0, 0.1) is 6.92 Å². The molecule has 0 saturated carbocycles. The number of nitrogens with two attached hydrogens (primary N) is 1. The van der Waals surface area contributed by atoms with Crippen LogP contribution in [0.4, 0.5) is 0 Å². The predicted molar refractivity (Wildman–Crippen MR) is 69.0 cm³/mol. The smallest absolute Gasteiger partial charge is 0.122 e. The molecule has 0 fully saturated rings. The van der Waals surface area contributed by atoms with Crippen LogP contribution in [0.15, 0.2) is 18.2 Å². The summed E-state index contributed by atoms with van der Waals surface area (Å²) in [6, 6.07) is 6.25. The lowest BCUT2D eigenvalue weighted by atomic mass is 10.0. The minimum absolute atomic E-state index is 0.102. The first-order valence-corrected chi connectivity index (χ1v) is 5.88. The van der Waals surface area contributed by atoms with Crippen molar-refractivity contribution in [2.45, 2.75) is 26.3 Å². The van der Waals surface area contributed by atoms with Crippen LogP contribution in [0.3, 0.4) is 0 Å². The summed E-state index contributed by atoms with van der Waals surface area (Å²) >= 11 is 0. The van der Waals surface area contributed by atoms with Crippen molar-refractivity contribution in [3.05, 3.63) is 29.3 Å². The Bertz CT molecular complexity index is 342. The van der Waals surface area contributed by atoms with Gasteiger partial charge in [-0.1, -0.05) is 17.7 Å². The van der Waals surface area contributed by atoms with Crippen molar-refractivity contribution in [1.82, 2.24) is 5.43 Å². The Morgan fingerprint density at radius 2 is 2.18 bits per heavy atom. The molecule has 0 saturated heterocycles. The Hall–Kier alpha value is -1.10. The summed E-state index contributed by atoms with van der Waals surface area (Å²) in [6.07, 6.45) is 0.793. The molecule has 1 atom stereocenters. The van der Waals surface area contributed by atoms with Gasteiger partial charge in [-0.2, -0.15) is 0 Å². The molecule has 0 bridgehead atoms. The Morgan fingerprint density at radius 1 is 1.41 bits per heavy atom. The number of nitrogens with one attached hydrogen (secondary N) is 1. The van der Waals surface area contributed by atoms with Crippen LogP contribution >= 0.6 is 0 Å². The van der Waals surface area contributed by atoms with Gasteiger partial charge in [0.05, 0.1) is 13.7 Å². The van der Waals surface area contributed by atoms with Crippen LogP contribution in [0.5, 0.6) is 5.75 Å². The highest BCUT2D eigenvalue weighted by Gasteiger charge is 2.11. The summed E-state index contributed by atoms with van der Waals surface area (Å²) in [5.41, 5.74) is 5.14. The van der Waals surface area contributed by atoms with E-state index in [-0.39, 0.29) is 6.04 Å². The van der Waals surface area contributed by atoms with E-state index in [1.165, 1.54) is 5.56 Å². The number of hydrogen-bond donors (Lipinski definition) is 2. The van der Waals surface area contributed by atoms with Gasteiger partial charge in [-0.05, 0) is 31.9 Å². The zero-order valence-corrected chi connectivity index (χ0v) is 10.8. The molecule has 1 aromatic carbocycles. The molecule has 4 heteroatoms. The van der Waals surface area contributed by atoms with E-state index in [4.69, 9.17) is 15.3 Å². The van der Waals surface area contributed by atoms with E-state index in [0.717, 1.165) is 17.7 Å². The molecule has 17 heavy (non-hydrogen) atoms. The van der Waals surface area contributed by atoms with E-state index in [0.29, 0.717) is 13.2 Å². The third kappa shape index (κ3) is 4.34. The van der Waals surface area contributed by atoms with Crippen LogP contribution in [0.2, 0.25) is 0 Å². The molecule has 1 rings (SSSR count). The maximum absolute atomic E-state index is 5.52. The summed E-state index contributed by atoms with van der Waals surface area (Å²) in [6.45, 7) is 5.34. The Kier molecular flexibility index (Phi) is 5.97. The molecule has 96 valence electrons. The van der Waals surface area contributed by atoms with Crippen molar-refractivity contribution in [2.24, 2.45) is 5.84 Å². The molecule has 0 radical (unpaired) electrons. The van der Waals surface area contributed by atoms with Crippen molar-refractivity contribution < 1.29 is 9.47 Å². The predicted octanol–water partition coefficient (Wildman–Crippen LogP) is 1.41. The van der Waals surface area contributed by atoms with Crippen LogP contribution in [0.1, 0.15) is 18.1 Å². The lowest BCUT2D eigenvalue weighted by Gasteiger charge is -2.17. The van der Waals surface area contributed by atoms with Gasteiger partial charge in [-0.3, -0.25) is 11.3 Å². The fraction of sp³-hybridized carbons (Fsp3) is 0.538. The van der Waals surface area contributed by atoms with E-state index in [1.807, 2.05) is 19.1 Å². The highest BCUT2D eigenvalue weighted by atomic mass is 16.5. The molecule has 1 unspecified atom stereocenters. The molecule has 0 aromatic heterocycles. The van der Waals surface area contributed by atoms with Crippen molar-refractivity contribution in [3.8, 4) is 5.75 Å². The van der Waals surface area contributed by atoms with E-state index in [9.17, 15) is 0 Å². The number of ether oxygens (including phenoxy) is 2. The quantitative estimate of drug-likeness (QED) is 0.557. The average molecular weight is 238 g/mol. The highest BCUT2D eigenvalue weighted by Crippen LogP contribution is 2.21. The highest BCUT2D eigenvalue weighted by molar-refractivity contribution is 5.37. The summed E-state index contributed by atoms with van der Waals surface area (Å²) in [5, 5.41) is 0. The Morgan fingerprint density at radius 3 is 2.76 bits per heavy atom. The van der Waals surface area contributed by atoms with Gasteiger partial charge in [-0.25, -0.2) is 0 Å². The first kappa shape index (κ1) is 14.0. The molecule has 0 heterocycles. The summed E-state index contributed by atoms with van der Waals surface area (Å²) in [4.78, 5) is 0. The van der Waals surface area contributed by atoms with Crippen molar-refractivity contribution >= 4 is 0 Å². The molecule has 3 N–H and O–H groups in total. The number of hydrogen-bond acceptors (Lipinski definition) is 4. The minimum Gasteiger partial charge on any atom is -0.496 e. The molecule has 4 nitrogen and oxygen atoms in total. The second kappa shape index (κ2) is 7.27. The molecule has 0 aliphatic rings. The van der Waals surface area contributed by atoms with Crippen LogP contribution in [0.25, 0.3) is 0 Å². The van der Waals surface area contributed by atoms with Crippen molar-refractivity contribution in [1.29, 1.82) is 0 Å². The first-order chi connectivity index (χ1) is 8.21. The van der Waals surface area contributed by atoms with E-state index in [1.54, 1.807) is 7.11 Å².